The van der Waals surface area contributed by atoms with Crippen LogP contribution < -0.4 is 0 Å². The van der Waals surface area contributed by atoms with Gasteiger partial charge in [0.15, 0.2) is 5.78 Å². The van der Waals surface area contributed by atoms with Crippen molar-refractivity contribution < 1.29 is 4.79 Å². The van der Waals surface area contributed by atoms with Crippen molar-refractivity contribution in [2.75, 3.05) is 0 Å². The topological polar surface area (TPSA) is 17.1 Å². The first kappa shape index (κ1) is 12.7. The monoisotopic (exact) mass is 216 g/mol. The van der Waals surface area contributed by atoms with Crippen molar-refractivity contribution in [1.29, 1.82) is 0 Å². The highest BCUT2D eigenvalue weighted by molar-refractivity contribution is 5.92. The van der Waals surface area contributed by atoms with Crippen LogP contribution in [0.15, 0.2) is 23.8 Å². The molecule has 1 aromatic carbocycles. The van der Waals surface area contributed by atoms with Crippen LogP contribution in [0, 0.1) is 20.8 Å². The average Bonchev–Trinajstić information content (AvgIpc) is 2.09. The van der Waals surface area contributed by atoms with Crippen LogP contribution in [0.1, 0.15) is 36.1 Å². The average molecular weight is 216 g/mol. The fourth-order valence-electron chi connectivity index (χ4n) is 2.04. The molecule has 0 fully saturated rings. The van der Waals surface area contributed by atoms with Crippen LogP contribution >= 0.6 is 0 Å². The number of ketones is 1. The quantitative estimate of drug-likeness (QED) is 0.704. The van der Waals surface area contributed by atoms with Crippen LogP contribution in [0.5, 0.6) is 0 Å². The minimum absolute atomic E-state index is 0.190. The van der Waals surface area contributed by atoms with Gasteiger partial charge < -0.3 is 0 Å². The minimum atomic E-state index is 0.190. The Bertz CT molecular complexity index is 412. The fourth-order valence-corrected chi connectivity index (χ4v) is 2.04. The van der Waals surface area contributed by atoms with Gasteiger partial charge in [-0.25, -0.2) is 0 Å². The highest BCUT2D eigenvalue weighted by atomic mass is 16.1. The van der Waals surface area contributed by atoms with Gasteiger partial charge in [0.05, 0.1) is 0 Å². The molecule has 16 heavy (non-hydrogen) atoms. The first-order chi connectivity index (χ1) is 7.40. The molecule has 0 aromatic heterocycles. The van der Waals surface area contributed by atoms with Crippen molar-refractivity contribution >= 4 is 5.78 Å². The molecule has 0 saturated carbocycles. The standard InChI is InChI=1S/C15H20O/c1-10(2)6-14(16)9-15-12(4)7-11(3)8-13(15)5/h6-8H,9H2,1-5H3. The molecule has 0 spiro atoms. The normalized spacial score (nSPS) is 10.1. The van der Waals surface area contributed by atoms with Gasteiger partial charge in [0.1, 0.15) is 0 Å². The van der Waals surface area contributed by atoms with Crippen molar-refractivity contribution in [3.8, 4) is 0 Å². The Hall–Kier alpha value is -1.37. The summed E-state index contributed by atoms with van der Waals surface area (Å²) in [6.45, 7) is 10.1. The van der Waals surface area contributed by atoms with Crippen LogP contribution in [0.2, 0.25) is 0 Å². The summed E-state index contributed by atoms with van der Waals surface area (Å²) in [4.78, 5) is 11.7. The number of carbonyl (C=O) groups excluding carboxylic acids is 1. The van der Waals surface area contributed by atoms with Crippen molar-refractivity contribution in [1.82, 2.24) is 0 Å². The van der Waals surface area contributed by atoms with Crippen molar-refractivity contribution in [2.24, 2.45) is 0 Å². The van der Waals surface area contributed by atoms with E-state index in [0.29, 0.717) is 6.42 Å². The summed E-state index contributed by atoms with van der Waals surface area (Å²) in [6, 6.07) is 4.27. The number of hydrogen-bond acceptors (Lipinski definition) is 1. The highest BCUT2D eigenvalue weighted by Gasteiger charge is 2.07. The molecule has 1 nitrogen and oxygen atoms in total. The SMILES string of the molecule is CC(C)=CC(=O)Cc1c(C)cc(C)cc1C. The zero-order valence-corrected chi connectivity index (χ0v) is 10.8. The van der Waals surface area contributed by atoms with Gasteiger partial charge in [-0.1, -0.05) is 23.3 Å². The summed E-state index contributed by atoms with van der Waals surface area (Å²) in [5.74, 6) is 0.190. The lowest BCUT2D eigenvalue weighted by Gasteiger charge is -2.09. The summed E-state index contributed by atoms with van der Waals surface area (Å²) < 4.78 is 0. The number of aryl methyl sites for hydroxylation is 3. The molecular formula is C15H20O. The Morgan fingerprint density at radius 1 is 1.12 bits per heavy atom. The Morgan fingerprint density at radius 2 is 1.62 bits per heavy atom. The summed E-state index contributed by atoms with van der Waals surface area (Å²) in [5, 5.41) is 0. The molecule has 0 heterocycles. The molecule has 1 rings (SSSR count). The molecule has 0 unspecified atom stereocenters. The number of benzene rings is 1. The maximum Gasteiger partial charge on any atom is 0.160 e. The molecule has 0 bridgehead atoms. The van der Waals surface area contributed by atoms with Crippen molar-refractivity contribution in [3.63, 3.8) is 0 Å². The third-order valence-corrected chi connectivity index (χ3v) is 2.64. The Kier molecular flexibility index (Phi) is 4.05. The first-order valence-corrected chi connectivity index (χ1v) is 5.64. The van der Waals surface area contributed by atoms with Crippen LogP contribution in [0.4, 0.5) is 0 Å². The second-order valence-corrected chi connectivity index (χ2v) is 4.74. The van der Waals surface area contributed by atoms with E-state index in [-0.39, 0.29) is 5.78 Å². The minimum Gasteiger partial charge on any atom is -0.294 e. The maximum atomic E-state index is 11.7. The second-order valence-electron chi connectivity index (χ2n) is 4.74. The molecule has 1 aromatic rings. The van der Waals surface area contributed by atoms with E-state index < -0.39 is 0 Å². The van der Waals surface area contributed by atoms with E-state index in [9.17, 15) is 4.79 Å². The van der Waals surface area contributed by atoms with Gasteiger partial charge >= 0.3 is 0 Å². The van der Waals surface area contributed by atoms with Crippen molar-refractivity contribution in [3.05, 3.63) is 46.0 Å². The molecule has 0 aliphatic rings. The number of rotatable bonds is 3. The van der Waals surface area contributed by atoms with E-state index >= 15 is 0 Å². The van der Waals surface area contributed by atoms with Gasteiger partial charge in [-0.05, 0) is 57.4 Å². The van der Waals surface area contributed by atoms with Crippen LogP contribution in [-0.4, -0.2) is 5.78 Å². The lowest BCUT2D eigenvalue weighted by Crippen LogP contribution is -2.04. The van der Waals surface area contributed by atoms with E-state index in [1.807, 2.05) is 13.8 Å². The van der Waals surface area contributed by atoms with Gasteiger partial charge in [-0.2, -0.15) is 0 Å². The van der Waals surface area contributed by atoms with Gasteiger partial charge in [0.25, 0.3) is 0 Å². The molecule has 1 heteroatoms. The molecular weight excluding hydrogens is 196 g/mol. The van der Waals surface area contributed by atoms with E-state index in [1.165, 1.54) is 22.3 Å². The molecule has 0 saturated heterocycles. The summed E-state index contributed by atoms with van der Waals surface area (Å²) in [6.07, 6.45) is 2.24. The largest absolute Gasteiger partial charge is 0.294 e. The summed E-state index contributed by atoms with van der Waals surface area (Å²) in [7, 11) is 0. The molecule has 0 N–H and O–H groups in total. The van der Waals surface area contributed by atoms with E-state index in [4.69, 9.17) is 0 Å². The van der Waals surface area contributed by atoms with E-state index in [0.717, 1.165) is 5.57 Å². The van der Waals surface area contributed by atoms with Gasteiger partial charge in [-0.15, -0.1) is 0 Å². The number of carbonyl (C=O) groups is 1. The molecule has 0 radical (unpaired) electrons. The molecule has 0 atom stereocenters. The summed E-state index contributed by atoms with van der Waals surface area (Å²) in [5.41, 5.74) is 5.93. The smallest absolute Gasteiger partial charge is 0.160 e. The fraction of sp³-hybridized carbons (Fsp3) is 0.400. The maximum absolute atomic E-state index is 11.7. The Morgan fingerprint density at radius 3 is 2.06 bits per heavy atom. The van der Waals surface area contributed by atoms with Gasteiger partial charge in [0, 0.05) is 6.42 Å². The van der Waals surface area contributed by atoms with Crippen LogP contribution in [0.25, 0.3) is 0 Å². The molecule has 0 amide bonds. The summed E-state index contributed by atoms with van der Waals surface area (Å²) >= 11 is 0. The predicted molar refractivity (Wildman–Crippen MR) is 68.8 cm³/mol. The number of hydrogen-bond donors (Lipinski definition) is 0. The molecule has 0 aliphatic carbocycles. The Labute approximate surface area is 98.2 Å². The van der Waals surface area contributed by atoms with E-state index in [2.05, 4.69) is 32.9 Å². The third kappa shape index (κ3) is 3.34. The first-order valence-electron chi connectivity index (χ1n) is 5.64. The molecule has 0 aliphatic heterocycles. The third-order valence-electron chi connectivity index (χ3n) is 2.64. The highest BCUT2D eigenvalue weighted by Crippen LogP contribution is 2.17. The number of allylic oxidation sites excluding steroid dienone is 2. The Balaban J connectivity index is 2.98. The predicted octanol–water partition coefficient (Wildman–Crippen LogP) is 3.69. The lowest BCUT2D eigenvalue weighted by atomic mass is 9.95. The van der Waals surface area contributed by atoms with Crippen LogP contribution in [0.3, 0.4) is 0 Å². The van der Waals surface area contributed by atoms with Crippen molar-refractivity contribution in [2.45, 2.75) is 41.0 Å². The van der Waals surface area contributed by atoms with Gasteiger partial charge in [0.2, 0.25) is 0 Å². The zero-order chi connectivity index (χ0) is 12.3. The van der Waals surface area contributed by atoms with Gasteiger partial charge in [-0.3, -0.25) is 4.79 Å². The second kappa shape index (κ2) is 5.11. The zero-order valence-electron chi connectivity index (χ0n) is 10.8. The molecule has 86 valence electrons. The van der Waals surface area contributed by atoms with Crippen LogP contribution in [-0.2, 0) is 11.2 Å². The lowest BCUT2D eigenvalue weighted by molar-refractivity contribution is -0.114. The van der Waals surface area contributed by atoms with E-state index in [1.54, 1.807) is 6.08 Å².